The molecular formula is C19H17N3O4S. The van der Waals surface area contributed by atoms with Gasteiger partial charge in [-0.1, -0.05) is 12.1 Å². The molecule has 1 N–H and O–H groups in total. The van der Waals surface area contributed by atoms with Crippen LogP contribution in [0.2, 0.25) is 0 Å². The van der Waals surface area contributed by atoms with E-state index in [1.807, 2.05) is 12.1 Å². The third kappa shape index (κ3) is 5.11. The van der Waals surface area contributed by atoms with Crippen LogP contribution in [-0.2, 0) is 20.7 Å². The number of methoxy groups -OCH3 is 1. The molecule has 0 saturated carbocycles. The van der Waals surface area contributed by atoms with Crippen molar-refractivity contribution >= 4 is 28.9 Å². The van der Waals surface area contributed by atoms with Gasteiger partial charge in [0.15, 0.2) is 6.61 Å². The summed E-state index contributed by atoms with van der Waals surface area (Å²) in [7, 11) is 1.51. The van der Waals surface area contributed by atoms with Gasteiger partial charge in [0.05, 0.1) is 24.9 Å². The minimum atomic E-state index is -0.520. The monoisotopic (exact) mass is 383 g/mol. The molecule has 0 bridgehead atoms. The highest BCUT2D eigenvalue weighted by atomic mass is 32.1. The number of nitrogens with zero attached hydrogens (tertiary/aromatic N) is 2. The second-order valence-corrected chi connectivity index (χ2v) is 6.33. The van der Waals surface area contributed by atoms with Gasteiger partial charge in [-0.3, -0.25) is 14.6 Å². The fourth-order valence-corrected chi connectivity index (χ4v) is 3.10. The molecule has 27 heavy (non-hydrogen) atoms. The molecule has 0 unspecified atom stereocenters. The molecule has 0 aliphatic carbocycles. The summed E-state index contributed by atoms with van der Waals surface area (Å²) >= 11 is 1.42. The number of nitrogens with one attached hydrogen (secondary N) is 1. The molecule has 0 radical (unpaired) electrons. The van der Waals surface area contributed by atoms with Crippen LogP contribution in [0.1, 0.15) is 5.69 Å². The average Bonchev–Trinajstić information content (AvgIpc) is 3.16. The number of hydrogen-bond donors (Lipinski definition) is 1. The lowest BCUT2D eigenvalue weighted by molar-refractivity contribution is -0.146. The van der Waals surface area contributed by atoms with Crippen LogP contribution in [-0.4, -0.2) is 35.6 Å². The highest BCUT2D eigenvalue weighted by molar-refractivity contribution is 7.13. The number of hydrogen-bond acceptors (Lipinski definition) is 7. The van der Waals surface area contributed by atoms with E-state index in [1.54, 1.807) is 42.0 Å². The number of aromatic nitrogens is 2. The number of carbonyl (C=O) groups excluding carboxylic acids is 2. The smallest absolute Gasteiger partial charge is 0.312 e. The van der Waals surface area contributed by atoms with E-state index < -0.39 is 11.9 Å². The molecule has 0 aliphatic rings. The van der Waals surface area contributed by atoms with Crippen molar-refractivity contribution in [3.63, 3.8) is 0 Å². The average molecular weight is 383 g/mol. The number of esters is 1. The number of thiazole rings is 1. The molecule has 0 atom stereocenters. The maximum absolute atomic E-state index is 12.0. The Labute approximate surface area is 160 Å². The fourth-order valence-electron chi connectivity index (χ4n) is 2.29. The molecule has 3 rings (SSSR count). The van der Waals surface area contributed by atoms with Crippen molar-refractivity contribution in [2.75, 3.05) is 19.0 Å². The number of benzene rings is 1. The van der Waals surface area contributed by atoms with Crippen molar-refractivity contribution in [3.05, 3.63) is 59.9 Å². The Morgan fingerprint density at radius 2 is 2.04 bits per heavy atom. The van der Waals surface area contributed by atoms with E-state index >= 15 is 0 Å². The van der Waals surface area contributed by atoms with Crippen LogP contribution < -0.4 is 10.1 Å². The largest absolute Gasteiger partial charge is 0.495 e. The zero-order valence-corrected chi connectivity index (χ0v) is 15.4. The van der Waals surface area contributed by atoms with Crippen LogP contribution in [0.4, 0.5) is 5.69 Å². The van der Waals surface area contributed by atoms with Gasteiger partial charge in [0.25, 0.3) is 5.91 Å². The van der Waals surface area contributed by atoms with E-state index in [2.05, 4.69) is 15.3 Å². The quantitative estimate of drug-likeness (QED) is 0.631. The first-order valence-corrected chi connectivity index (χ1v) is 8.97. The molecule has 0 saturated heterocycles. The number of para-hydroxylation sites is 2. The van der Waals surface area contributed by atoms with Crippen LogP contribution in [0.5, 0.6) is 5.75 Å². The fraction of sp³-hybridized carbons (Fsp3) is 0.158. The standard InChI is InChI=1S/C19H17N3O4S/c1-25-16-7-3-2-6-15(16)22-17(23)11-26-18(24)9-14-12-27-19(21-14)13-5-4-8-20-10-13/h2-8,10,12H,9,11H2,1H3,(H,22,23). The van der Waals surface area contributed by atoms with Gasteiger partial charge in [-0.15, -0.1) is 11.3 Å². The Kier molecular flexibility index (Phi) is 6.11. The summed E-state index contributed by atoms with van der Waals surface area (Å²) in [6.07, 6.45) is 3.40. The van der Waals surface area contributed by atoms with Gasteiger partial charge in [-0.05, 0) is 24.3 Å². The van der Waals surface area contributed by atoms with Crippen molar-refractivity contribution in [1.82, 2.24) is 9.97 Å². The zero-order valence-electron chi connectivity index (χ0n) is 14.5. The number of carbonyl (C=O) groups is 2. The summed E-state index contributed by atoms with van der Waals surface area (Å²) in [5, 5.41) is 5.21. The first-order chi connectivity index (χ1) is 13.2. The molecular weight excluding hydrogens is 366 g/mol. The van der Waals surface area contributed by atoms with Crippen LogP contribution in [0, 0.1) is 0 Å². The van der Waals surface area contributed by atoms with Crippen molar-refractivity contribution in [2.45, 2.75) is 6.42 Å². The minimum absolute atomic E-state index is 0.00129. The Morgan fingerprint density at radius 3 is 2.81 bits per heavy atom. The lowest BCUT2D eigenvalue weighted by atomic mass is 10.3. The summed E-state index contributed by atoms with van der Waals surface area (Å²) in [6.45, 7) is -0.378. The van der Waals surface area contributed by atoms with Gasteiger partial charge < -0.3 is 14.8 Å². The lowest BCUT2D eigenvalue weighted by Crippen LogP contribution is -2.22. The predicted molar refractivity (Wildman–Crippen MR) is 102 cm³/mol. The Balaban J connectivity index is 1.50. The first-order valence-electron chi connectivity index (χ1n) is 8.09. The van der Waals surface area contributed by atoms with Gasteiger partial charge in [-0.2, -0.15) is 0 Å². The summed E-state index contributed by atoms with van der Waals surface area (Å²) in [5.41, 5.74) is 1.99. The summed E-state index contributed by atoms with van der Waals surface area (Å²) in [6, 6.07) is 10.7. The van der Waals surface area contributed by atoms with Gasteiger partial charge in [-0.25, -0.2) is 4.98 Å². The highest BCUT2D eigenvalue weighted by Gasteiger charge is 2.13. The molecule has 1 aromatic carbocycles. The van der Waals surface area contributed by atoms with Gasteiger partial charge in [0.2, 0.25) is 0 Å². The summed E-state index contributed by atoms with van der Waals surface area (Å²) < 4.78 is 10.2. The zero-order chi connectivity index (χ0) is 19.1. The van der Waals surface area contributed by atoms with Crippen molar-refractivity contribution in [2.24, 2.45) is 0 Å². The van der Waals surface area contributed by atoms with Crippen molar-refractivity contribution < 1.29 is 19.1 Å². The van der Waals surface area contributed by atoms with Crippen molar-refractivity contribution in [1.29, 1.82) is 0 Å². The van der Waals surface area contributed by atoms with Gasteiger partial charge in [0.1, 0.15) is 10.8 Å². The highest BCUT2D eigenvalue weighted by Crippen LogP contribution is 2.23. The van der Waals surface area contributed by atoms with E-state index in [-0.39, 0.29) is 13.0 Å². The first kappa shape index (κ1) is 18.5. The molecule has 0 fully saturated rings. The van der Waals surface area contributed by atoms with Gasteiger partial charge in [0, 0.05) is 23.3 Å². The molecule has 2 aromatic heterocycles. The van der Waals surface area contributed by atoms with Crippen LogP contribution >= 0.6 is 11.3 Å². The lowest BCUT2D eigenvalue weighted by Gasteiger charge is -2.09. The molecule has 7 nitrogen and oxygen atoms in total. The number of pyridine rings is 1. The minimum Gasteiger partial charge on any atom is -0.495 e. The van der Waals surface area contributed by atoms with Crippen LogP contribution in [0.3, 0.4) is 0 Å². The van der Waals surface area contributed by atoms with E-state index in [4.69, 9.17) is 9.47 Å². The molecule has 2 heterocycles. The second kappa shape index (κ2) is 8.91. The molecule has 0 spiro atoms. The maximum Gasteiger partial charge on any atom is 0.312 e. The SMILES string of the molecule is COc1ccccc1NC(=O)COC(=O)Cc1csc(-c2cccnc2)n1. The predicted octanol–water partition coefficient (Wildman–Crippen LogP) is 2.94. The maximum atomic E-state index is 12.0. The topological polar surface area (TPSA) is 90.4 Å². The molecule has 0 aliphatic heterocycles. The Hall–Kier alpha value is -3.26. The normalized spacial score (nSPS) is 10.3. The molecule has 3 aromatic rings. The van der Waals surface area contributed by atoms with E-state index in [0.29, 0.717) is 17.1 Å². The third-order valence-corrected chi connectivity index (χ3v) is 4.47. The number of anilines is 1. The number of amides is 1. The van der Waals surface area contributed by atoms with E-state index in [0.717, 1.165) is 10.6 Å². The van der Waals surface area contributed by atoms with E-state index in [9.17, 15) is 9.59 Å². The van der Waals surface area contributed by atoms with E-state index in [1.165, 1.54) is 18.4 Å². The Bertz CT molecular complexity index is 927. The molecule has 1 amide bonds. The molecule has 8 heteroatoms. The van der Waals surface area contributed by atoms with Crippen LogP contribution in [0.25, 0.3) is 10.6 Å². The number of ether oxygens (including phenoxy) is 2. The Morgan fingerprint density at radius 1 is 1.19 bits per heavy atom. The summed E-state index contributed by atoms with van der Waals surface area (Å²) in [5.74, 6) is -0.432. The van der Waals surface area contributed by atoms with Crippen molar-refractivity contribution in [3.8, 4) is 16.3 Å². The van der Waals surface area contributed by atoms with Crippen LogP contribution in [0.15, 0.2) is 54.2 Å². The third-order valence-electron chi connectivity index (χ3n) is 3.53. The summed E-state index contributed by atoms with van der Waals surface area (Å²) in [4.78, 5) is 32.4. The molecule has 138 valence electrons. The second-order valence-electron chi connectivity index (χ2n) is 5.47. The van der Waals surface area contributed by atoms with Gasteiger partial charge >= 0.3 is 5.97 Å². The number of rotatable bonds is 7.